The van der Waals surface area contributed by atoms with Gasteiger partial charge in [-0.15, -0.1) is 0 Å². The molecule has 3 aliphatic heterocycles. The summed E-state index contributed by atoms with van der Waals surface area (Å²) in [5.74, 6) is 1.46. The SMILES string of the molecule is C[C@@H]1CN(c2nc(-c3ccc(NC(=O)Nc4ccc5c(c4)COC5=O)cc3)nc(N3CCOCC3)n2)C[C@H](C)O1. The van der Waals surface area contributed by atoms with E-state index in [0.29, 0.717) is 74.1 Å². The van der Waals surface area contributed by atoms with Crippen LogP contribution in [-0.4, -0.2) is 78.6 Å². The highest BCUT2D eigenvalue weighted by atomic mass is 16.5. The second-order valence-electron chi connectivity index (χ2n) is 10.1. The third-order valence-corrected chi connectivity index (χ3v) is 6.95. The number of anilines is 4. The van der Waals surface area contributed by atoms with Gasteiger partial charge in [-0.1, -0.05) is 0 Å². The predicted octanol–water partition coefficient (Wildman–Crippen LogP) is 3.30. The van der Waals surface area contributed by atoms with Gasteiger partial charge >= 0.3 is 12.0 Å². The number of urea groups is 1. The minimum Gasteiger partial charge on any atom is -0.457 e. The molecule has 12 heteroatoms. The molecular weight excluding hydrogens is 514 g/mol. The number of rotatable bonds is 5. The number of amides is 2. The van der Waals surface area contributed by atoms with Gasteiger partial charge in [0.15, 0.2) is 5.82 Å². The van der Waals surface area contributed by atoms with Crippen molar-refractivity contribution in [2.24, 2.45) is 0 Å². The van der Waals surface area contributed by atoms with Crippen LogP contribution in [0.3, 0.4) is 0 Å². The molecule has 208 valence electrons. The maximum atomic E-state index is 12.6. The van der Waals surface area contributed by atoms with Crippen molar-refractivity contribution >= 4 is 35.3 Å². The fourth-order valence-electron chi connectivity index (χ4n) is 5.08. The van der Waals surface area contributed by atoms with Crippen molar-refractivity contribution in [1.82, 2.24) is 15.0 Å². The first-order valence-electron chi connectivity index (χ1n) is 13.4. The van der Waals surface area contributed by atoms with Crippen molar-refractivity contribution in [3.05, 3.63) is 53.6 Å². The maximum Gasteiger partial charge on any atom is 0.338 e. The van der Waals surface area contributed by atoms with Gasteiger partial charge in [0.1, 0.15) is 6.61 Å². The van der Waals surface area contributed by atoms with Crippen molar-refractivity contribution in [2.75, 3.05) is 59.8 Å². The van der Waals surface area contributed by atoms with E-state index in [9.17, 15) is 9.59 Å². The van der Waals surface area contributed by atoms with Crippen molar-refractivity contribution < 1.29 is 23.8 Å². The van der Waals surface area contributed by atoms with E-state index >= 15 is 0 Å². The molecular formula is C28H31N7O5. The third-order valence-electron chi connectivity index (χ3n) is 6.95. The van der Waals surface area contributed by atoms with Crippen LogP contribution in [0.1, 0.15) is 29.8 Å². The number of hydrogen-bond donors (Lipinski definition) is 2. The number of esters is 1. The van der Waals surface area contributed by atoms with Crippen molar-refractivity contribution in [3.8, 4) is 11.4 Å². The highest BCUT2D eigenvalue weighted by Gasteiger charge is 2.27. The lowest BCUT2D eigenvalue weighted by atomic mass is 10.1. The number of fused-ring (bicyclic) bond motifs is 1. The monoisotopic (exact) mass is 545 g/mol. The van der Waals surface area contributed by atoms with Gasteiger partial charge in [0.2, 0.25) is 11.9 Å². The van der Waals surface area contributed by atoms with Gasteiger partial charge in [-0.3, -0.25) is 0 Å². The molecule has 3 aliphatic rings. The standard InChI is InChI=1S/C28H31N7O5/c1-17-14-35(15-18(2)40-17)27-32-24(31-26(33-27)34-9-11-38-12-10-34)19-3-5-21(6-4-19)29-28(37)30-22-7-8-23-20(13-22)16-39-25(23)36/h3-8,13,17-18H,9-12,14-16H2,1-2H3,(H2,29,30,37)/t17-,18+. The van der Waals surface area contributed by atoms with Crippen LogP contribution in [-0.2, 0) is 20.8 Å². The van der Waals surface area contributed by atoms with Crippen LogP contribution in [0.5, 0.6) is 0 Å². The first-order chi connectivity index (χ1) is 19.4. The largest absolute Gasteiger partial charge is 0.457 e. The van der Waals surface area contributed by atoms with E-state index in [2.05, 4.69) is 34.3 Å². The molecule has 0 bridgehead atoms. The van der Waals surface area contributed by atoms with Gasteiger partial charge in [0, 0.05) is 48.7 Å². The molecule has 2 aromatic carbocycles. The quantitative estimate of drug-likeness (QED) is 0.461. The third kappa shape index (κ3) is 5.68. The lowest BCUT2D eigenvalue weighted by molar-refractivity contribution is -0.00572. The molecule has 12 nitrogen and oxygen atoms in total. The second-order valence-corrected chi connectivity index (χ2v) is 10.1. The number of nitrogens with one attached hydrogen (secondary N) is 2. The number of carbonyl (C=O) groups is 2. The molecule has 6 rings (SSSR count). The summed E-state index contributed by atoms with van der Waals surface area (Å²) in [6, 6.07) is 12.0. The maximum absolute atomic E-state index is 12.6. The lowest BCUT2D eigenvalue weighted by Crippen LogP contribution is -2.46. The molecule has 4 heterocycles. The smallest absolute Gasteiger partial charge is 0.338 e. The Hall–Kier alpha value is -4.29. The van der Waals surface area contributed by atoms with Crippen LogP contribution < -0.4 is 20.4 Å². The summed E-state index contributed by atoms with van der Waals surface area (Å²) in [6.45, 7) is 8.38. The molecule has 2 N–H and O–H groups in total. The van der Waals surface area contributed by atoms with Gasteiger partial charge in [-0.25, -0.2) is 9.59 Å². The van der Waals surface area contributed by atoms with Crippen LogP contribution in [0.2, 0.25) is 0 Å². The van der Waals surface area contributed by atoms with Crippen LogP contribution in [0.4, 0.5) is 28.1 Å². The molecule has 0 radical (unpaired) electrons. The minimum absolute atomic E-state index is 0.0694. The normalized spacial score (nSPS) is 20.6. The first-order valence-corrected chi connectivity index (χ1v) is 13.4. The summed E-state index contributed by atoms with van der Waals surface area (Å²) >= 11 is 0. The molecule has 2 fully saturated rings. The average molecular weight is 546 g/mol. The number of nitrogens with zero attached hydrogens (tertiary/aromatic N) is 5. The summed E-state index contributed by atoms with van der Waals surface area (Å²) in [5, 5.41) is 5.63. The lowest BCUT2D eigenvalue weighted by Gasteiger charge is -2.36. The van der Waals surface area contributed by atoms with E-state index in [0.717, 1.165) is 11.1 Å². The number of morpholine rings is 2. The molecule has 1 aromatic heterocycles. The Kier molecular flexibility index (Phi) is 7.18. The van der Waals surface area contributed by atoms with Crippen LogP contribution in [0.25, 0.3) is 11.4 Å². The molecule has 2 amide bonds. The van der Waals surface area contributed by atoms with Crippen LogP contribution >= 0.6 is 0 Å². The van der Waals surface area contributed by atoms with E-state index in [-0.39, 0.29) is 24.8 Å². The van der Waals surface area contributed by atoms with Crippen molar-refractivity contribution in [3.63, 3.8) is 0 Å². The molecule has 40 heavy (non-hydrogen) atoms. The molecule has 0 unspecified atom stereocenters. The Morgan fingerprint density at radius 2 is 1.52 bits per heavy atom. The van der Waals surface area contributed by atoms with Gasteiger partial charge in [-0.05, 0) is 56.3 Å². The summed E-state index contributed by atoms with van der Waals surface area (Å²) in [5.41, 5.74) is 3.27. The van der Waals surface area contributed by atoms with Crippen molar-refractivity contribution in [2.45, 2.75) is 32.7 Å². The zero-order chi connectivity index (χ0) is 27.6. The summed E-state index contributed by atoms with van der Waals surface area (Å²) < 4.78 is 16.4. The Balaban J connectivity index is 1.19. The summed E-state index contributed by atoms with van der Waals surface area (Å²) in [7, 11) is 0. The highest BCUT2D eigenvalue weighted by Crippen LogP contribution is 2.26. The van der Waals surface area contributed by atoms with E-state index in [1.165, 1.54) is 0 Å². The van der Waals surface area contributed by atoms with Gasteiger partial charge in [0.25, 0.3) is 0 Å². The Labute approximate surface area is 231 Å². The molecule has 2 saturated heterocycles. The van der Waals surface area contributed by atoms with E-state index in [1.54, 1.807) is 30.3 Å². The predicted molar refractivity (Wildman–Crippen MR) is 149 cm³/mol. The molecule has 0 aliphatic carbocycles. The molecule has 3 aromatic rings. The summed E-state index contributed by atoms with van der Waals surface area (Å²) in [4.78, 5) is 43.0. The number of ether oxygens (including phenoxy) is 3. The number of aromatic nitrogens is 3. The minimum atomic E-state index is -0.398. The summed E-state index contributed by atoms with van der Waals surface area (Å²) in [6.07, 6.45) is 0.139. The van der Waals surface area contributed by atoms with Crippen molar-refractivity contribution in [1.29, 1.82) is 0 Å². The highest BCUT2D eigenvalue weighted by molar-refractivity contribution is 6.01. The zero-order valence-electron chi connectivity index (χ0n) is 22.4. The topological polar surface area (TPSA) is 131 Å². The number of carbonyl (C=O) groups excluding carboxylic acids is 2. The second kappa shape index (κ2) is 11.1. The molecule has 0 spiro atoms. The Morgan fingerprint density at radius 1 is 0.875 bits per heavy atom. The number of cyclic esters (lactones) is 1. The Bertz CT molecular complexity index is 1400. The van der Waals surface area contributed by atoms with Crippen LogP contribution in [0.15, 0.2) is 42.5 Å². The van der Waals surface area contributed by atoms with Gasteiger partial charge < -0.3 is 34.6 Å². The number of benzene rings is 2. The van der Waals surface area contributed by atoms with Crippen LogP contribution in [0, 0.1) is 0 Å². The fraction of sp³-hybridized carbons (Fsp3) is 0.393. The fourth-order valence-corrected chi connectivity index (χ4v) is 5.08. The number of hydrogen-bond acceptors (Lipinski definition) is 10. The molecule has 2 atom stereocenters. The van der Waals surface area contributed by atoms with E-state index in [1.807, 2.05) is 12.1 Å². The van der Waals surface area contributed by atoms with E-state index in [4.69, 9.17) is 29.2 Å². The average Bonchev–Trinajstić information content (AvgIpc) is 3.32. The van der Waals surface area contributed by atoms with Gasteiger partial charge in [0.05, 0.1) is 31.0 Å². The first kappa shape index (κ1) is 26.0. The Morgan fingerprint density at radius 3 is 2.25 bits per heavy atom. The molecule has 0 saturated carbocycles. The zero-order valence-corrected chi connectivity index (χ0v) is 22.4. The van der Waals surface area contributed by atoms with Gasteiger partial charge in [-0.2, -0.15) is 15.0 Å². The van der Waals surface area contributed by atoms with E-state index < -0.39 is 6.03 Å².